The number of likely N-dealkylation sites (N-methyl/N-ethyl adjacent to an activating group) is 1. The van der Waals surface area contributed by atoms with E-state index in [1.165, 1.54) is 0 Å². The van der Waals surface area contributed by atoms with Crippen LogP contribution in [-0.2, 0) is 4.79 Å². The van der Waals surface area contributed by atoms with Gasteiger partial charge in [-0.25, -0.2) is 0 Å². The maximum atomic E-state index is 12.7. The lowest BCUT2D eigenvalue weighted by atomic mass is 9.81. The Morgan fingerprint density at radius 2 is 2.22 bits per heavy atom. The van der Waals surface area contributed by atoms with Crippen molar-refractivity contribution >= 4 is 5.91 Å². The molecule has 0 bridgehead atoms. The average Bonchev–Trinajstić information content (AvgIpc) is 2.39. The van der Waals surface area contributed by atoms with Gasteiger partial charge in [-0.3, -0.25) is 9.69 Å². The second-order valence-corrected chi connectivity index (χ2v) is 6.13. The van der Waals surface area contributed by atoms with Gasteiger partial charge in [-0.05, 0) is 39.8 Å². The molecule has 104 valence electrons. The van der Waals surface area contributed by atoms with Crippen molar-refractivity contribution in [2.75, 3.05) is 39.8 Å². The Labute approximate surface area is 111 Å². The lowest BCUT2D eigenvalue weighted by Gasteiger charge is -2.43. The van der Waals surface area contributed by atoms with Crippen LogP contribution in [0.3, 0.4) is 0 Å². The molecule has 2 atom stereocenters. The number of piperidine rings is 1. The van der Waals surface area contributed by atoms with Crippen LogP contribution in [0.1, 0.15) is 33.1 Å². The maximum Gasteiger partial charge on any atom is 0.229 e. The van der Waals surface area contributed by atoms with Gasteiger partial charge >= 0.3 is 0 Å². The Kier molecular flexibility index (Phi) is 4.28. The molecule has 0 aromatic rings. The Morgan fingerprint density at radius 3 is 2.83 bits per heavy atom. The Morgan fingerprint density at radius 1 is 1.44 bits per heavy atom. The fraction of sp³-hybridized carbons (Fsp3) is 0.929. The van der Waals surface area contributed by atoms with Gasteiger partial charge in [0.2, 0.25) is 5.91 Å². The molecule has 2 saturated heterocycles. The van der Waals surface area contributed by atoms with E-state index in [0.717, 1.165) is 52.0 Å². The van der Waals surface area contributed by atoms with Gasteiger partial charge in [0.05, 0.1) is 5.41 Å². The van der Waals surface area contributed by atoms with Crippen molar-refractivity contribution in [1.29, 1.82) is 0 Å². The highest BCUT2D eigenvalue weighted by atomic mass is 16.2. The summed E-state index contributed by atoms with van der Waals surface area (Å²) in [6.07, 6.45) is 3.27. The molecule has 2 aliphatic heterocycles. The van der Waals surface area contributed by atoms with Crippen LogP contribution >= 0.6 is 0 Å². The molecule has 2 rings (SSSR count). The molecule has 4 heteroatoms. The van der Waals surface area contributed by atoms with E-state index in [9.17, 15) is 4.79 Å². The number of carbonyl (C=O) groups is 1. The van der Waals surface area contributed by atoms with Crippen LogP contribution in [-0.4, -0.2) is 61.5 Å². The van der Waals surface area contributed by atoms with Gasteiger partial charge in [0.25, 0.3) is 0 Å². The van der Waals surface area contributed by atoms with Crippen LogP contribution in [0.15, 0.2) is 0 Å². The normalized spacial score (nSPS) is 34.6. The summed E-state index contributed by atoms with van der Waals surface area (Å²) in [7, 11) is 2.17. The van der Waals surface area contributed by atoms with Crippen molar-refractivity contribution < 1.29 is 4.79 Å². The highest BCUT2D eigenvalue weighted by Gasteiger charge is 2.39. The first-order valence-corrected chi connectivity index (χ1v) is 7.27. The van der Waals surface area contributed by atoms with Crippen molar-refractivity contribution in [3.63, 3.8) is 0 Å². The van der Waals surface area contributed by atoms with Gasteiger partial charge in [0.15, 0.2) is 0 Å². The van der Waals surface area contributed by atoms with E-state index >= 15 is 0 Å². The quantitative estimate of drug-likeness (QED) is 0.795. The van der Waals surface area contributed by atoms with E-state index < -0.39 is 0 Å². The van der Waals surface area contributed by atoms with Crippen molar-refractivity contribution in [2.24, 2.45) is 5.41 Å². The summed E-state index contributed by atoms with van der Waals surface area (Å²) in [6, 6.07) is 0.530. The molecule has 2 fully saturated rings. The van der Waals surface area contributed by atoms with E-state index in [0.29, 0.717) is 11.9 Å². The third-order valence-electron chi connectivity index (χ3n) is 4.65. The molecule has 2 heterocycles. The number of amides is 1. The van der Waals surface area contributed by atoms with Crippen LogP contribution in [0.25, 0.3) is 0 Å². The largest absolute Gasteiger partial charge is 0.339 e. The zero-order valence-electron chi connectivity index (χ0n) is 12.0. The number of piperazine rings is 1. The highest BCUT2D eigenvalue weighted by molar-refractivity contribution is 5.83. The van der Waals surface area contributed by atoms with Crippen molar-refractivity contribution in [3.8, 4) is 0 Å². The summed E-state index contributed by atoms with van der Waals surface area (Å²) >= 11 is 0. The molecule has 1 N–H and O–H groups in total. The molecule has 0 spiro atoms. The molecule has 2 aliphatic rings. The summed E-state index contributed by atoms with van der Waals surface area (Å²) < 4.78 is 0. The molecule has 2 unspecified atom stereocenters. The number of hydrogen-bond donors (Lipinski definition) is 1. The monoisotopic (exact) mass is 253 g/mol. The molecule has 1 amide bonds. The summed E-state index contributed by atoms with van der Waals surface area (Å²) in [5.41, 5.74) is -0.174. The molecule has 0 aromatic heterocycles. The van der Waals surface area contributed by atoms with Crippen molar-refractivity contribution in [2.45, 2.75) is 39.2 Å². The third-order valence-corrected chi connectivity index (χ3v) is 4.65. The van der Waals surface area contributed by atoms with Crippen LogP contribution in [0.5, 0.6) is 0 Å². The molecular weight excluding hydrogens is 226 g/mol. The van der Waals surface area contributed by atoms with Gasteiger partial charge in [-0.2, -0.15) is 0 Å². The summed E-state index contributed by atoms with van der Waals surface area (Å²) in [5.74, 6) is 0.362. The minimum Gasteiger partial charge on any atom is -0.339 e. The maximum absolute atomic E-state index is 12.7. The van der Waals surface area contributed by atoms with Gasteiger partial charge < -0.3 is 10.2 Å². The van der Waals surface area contributed by atoms with E-state index in [1.54, 1.807) is 0 Å². The standard InChI is InChI=1S/C14H27N3O/c1-4-12-10-17(9-8-16(12)3)13(18)14(2)6-5-7-15-11-14/h12,15H,4-11H2,1-3H3. The second kappa shape index (κ2) is 5.57. The SMILES string of the molecule is CCC1CN(C(=O)C2(C)CCCNC2)CCN1C. The molecule has 0 aromatic carbocycles. The first-order chi connectivity index (χ1) is 8.57. The van der Waals surface area contributed by atoms with Gasteiger partial charge in [0.1, 0.15) is 0 Å². The van der Waals surface area contributed by atoms with Crippen molar-refractivity contribution in [3.05, 3.63) is 0 Å². The molecular formula is C14H27N3O. The zero-order chi connectivity index (χ0) is 13.2. The predicted molar refractivity (Wildman–Crippen MR) is 73.5 cm³/mol. The highest BCUT2D eigenvalue weighted by Crippen LogP contribution is 2.29. The first kappa shape index (κ1) is 13.8. The topological polar surface area (TPSA) is 35.6 Å². The number of nitrogens with one attached hydrogen (secondary N) is 1. The van der Waals surface area contributed by atoms with Crippen LogP contribution in [0.2, 0.25) is 0 Å². The molecule has 0 saturated carbocycles. The summed E-state index contributed by atoms with van der Waals surface area (Å²) in [6.45, 7) is 9.04. The number of carbonyl (C=O) groups excluding carboxylic acids is 1. The van der Waals surface area contributed by atoms with Gasteiger partial charge in [-0.1, -0.05) is 6.92 Å². The summed E-state index contributed by atoms with van der Waals surface area (Å²) in [4.78, 5) is 17.2. The smallest absolute Gasteiger partial charge is 0.229 e. The lowest BCUT2D eigenvalue weighted by molar-refractivity contribution is -0.145. The Balaban J connectivity index is 2.00. The fourth-order valence-corrected chi connectivity index (χ4v) is 3.19. The number of hydrogen-bond acceptors (Lipinski definition) is 3. The van der Waals surface area contributed by atoms with Crippen LogP contribution < -0.4 is 5.32 Å². The van der Waals surface area contributed by atoms with Crippen LogP contribution in [0, 0.1) is 5.41 Å². The predicted octanol–water partition coefficient (Wildman–Crippen LogP) is 0.929. The van der Waals surface area contributed by atoms with Gasteiger partial charge in [0, 0.05) is 32.2 Å². The molecule has 0 aliphatic carbocycles. The van der Waals surface area contributed by atoms with E-state index in [2.05, 4.69) is 36.0 Å². The van der Waals surface area contributed by atoms with E-state index in [1.807, 2.05) is 0 Å². The lowest BCUT2D eigenvalue weighted by Crippen LogP contribution is -2.58. The molecule has 18 heavy (non-hydrogen) atoms. The Bertz CT molecular complexity index is 299. The van der Waals surface area contributed by atoms with Crippen LogP contribution in [0.4, 0.5) is 0 Å². The average molecular weight is 253 g/mol. The third kappa shape index (κ3) is 2.69. The van der Waals surface area contributed by atoms with Crippen molar-refractivity contribution in [1.82, 2.24) is 15.1 Å². The van der Waals surface area contributed by atoms with E-state index in [4.69, 9.17) is 0 Å². The second-order valence-electron chi connectivity index (χ2n) is 6.13. The number of nitrogens with zero attached hydrogens (tertiary/aromatic N) is 2. The molecule has 0 radical (unpaired) electrons. The Hall–Kier alpha value is -0.610. The molecule has 4 nitrogen and oxygen atoms in total. The van der Waals surface area contributed by atoms with Gasteiger partial charge in [-0.15, -0.1) is 0 Å². The minimum atomic E-state index is -0.174. The fourth-order valence-electron chi connectivity index (χ4n) is 3.19. The van der Waals surface area contributed by atoms with E-state index in [-0.39, 0.29) is 5.41 Å². The zero-order valence-corrected chi connectivity index (χ0v) is 12.0. The minimum absolute atomic E-state index is 0.174. The number of rotatable bonds is 2. The first-order valence-electron chi connectivity index (χ1n) is 7.27. The summed E-state index contributed by atoms with van der Waals surface area (Å²) in [5, 5.41) is 3.37.